The molecule has 0 heterocycles. The number of benzene rings is 1. The molecule has 78 valence electrons. The van der Waals surface area contributed by atoms with Crippen LogP contribution in [0.15, 0.2) is 24.3 Å². The average molecular weight is 200 g/mol. The van der Waals surface area contributed by atoms with E-state index in [0.717, 1.165) is 11.5 Å². The number of nitrogens with zero attached hydrogens (tertiary/aromatic N) is 1. The highest BCUT2D eigenvalue weighted by Crippen LogP contribution is 2.31. The van der Waals surface area contributed by atoms with Crippen molar-refractivity contribution in [2.75, 3.05) is 0 Å². The van der Waals surface area contributed by atoms with E-state index in [9.17, 15) is 0 Å². The molecule has 1 N–H and O–H groups in total. The summed E-state index contributed by atoms with van der Waals surface area (Å²) in [6, 6.07) is 11.0. The highest BCUT2D eigenvalue weighted by atomic mass is 15.0. The van der Waals surface area contributed by atoms with E-state index in [1.165, 1.54) is 12.0 Å². The minimum Gasteiger partial charge on any atom is -0.307 e. The highest BCUT2D eigenvalue weighted by Gasteiger charge is 2.33. The third kappa shape index (κ3) is 2.37. The summed E-state index contributed by atoms with van der Waals surface area (Å²) in [4.78, 5) is 0. The van der Waals surface area contributed by atoms with E-state index in [2.05, 4.69) is 25.2 Å². The van der Waals surface area contributed by atoms with Gasteiger partial charge in [-0.3, -0.25) is 0 Å². The summed E-state index contributed by atoms with van der Waals surface area (Å²) < 4.78 is 0. The first kappa shape index (κ1) is 10.2. The molecule has 0 spiro atoms. The molecule has 2 nitrogen and oxygen atoms in total. The van der Waals surface area contributed by atoms with Gasteiger partial charge in [0.1, 0.15) is 0 Å². The quantitative estimate of drug-likeness (QED) is 0.814. The lowest BCUT2D eigenvalue weighted by Gasteiger charge is -2.13. The molecule has 0 aromatic heterocycles. The summed E-state index contributed by atoms with van der Waals surface area (Å²) in [5, 5.41) is 12.3. The first-order chi connectivity index (χ1) is 7.20. The molecule has 0 saturated heterocycles. The van der Waals surface area contributed by atoms with Crippen molar-refractivity contribution in [2.24, 2.45) is 5.92 Å². The van der Waals surface area contributed by atoms with Crippen molar-refractivity contribution in [1.29, 1.82) is 5.26 Å². The number of rotatable bonds is 3. The maximum atomic E-state index is 8.69. The van der Waals surface area contributed by atoms with Crippen LogP contribution in [0.2, 0.25) is 0 Å². The Morgan fingerprint density at radius 2 is 2.00 bits per heavy atom. The van der Waals surface area contributed by atoms with E-state index in [0.29, 0.717) is 12.1 Å². The van der Waals surface area contributed by atoms with E-state index in [1.807, 2.05) is 24.3 Å². The Labute approximate surface area is 90.9 Å². The van der Waals surface area contributed by atoms with Crippen molar-refractivity contribution in [2.45, 2.75) is 32.4 Å². The zero-order chi connectivity index (χ0) is 10.8. The minimum atomic E-state index is 0.382. The molecular formula is C13H16N2. The molecular weight excluding hydrogens is 184 g/mol. The molecule has 2 heteroatoms. The zero-order valence-electron chi connectivity index (χ0n) is 9.20. The second kappa shape index (κ2) is 4.04. The Bertz CT molecular complexity index is 375. The van der Waals surface area contributed by atoms with Crippen LogP contribution in [0.5, 0.6) is 0 Å². The van der Waals surface area contributed by atoms with Crippen LogP contribution in [0.4, 0.5) is 0 Å². The minimum absolute atomic E-state index is 0.382. The third-order valence-corrected chi connectivity index (χ3v) is 3.11. The number of nitrogens with one attached hydrogen (secondary N) is 1. The summed E-state index contributed by atoms with van der Waals surface area (Å²) in [6.07, 6.45) is 1.29. The molecule has 1 aliphatic rings. The van der Waals surface area contributed by atoms with E-state index >= 15 is 0 Å². The lowest BCUT2D eigenvalue weighted by atomic mass is 10.1. The molecule has 1 saturated carbocycles. The van der Waals surface area contributed by atoms with Crippen LogP contribution in [-0.2, 0) is 0 Å². The van der Waals surface area contributed by atoms with Crippen molar-refractivity contribution in [3.05, 3.63) is 35.4 Å². The molecule has 0 amide bonds. The van der Waals surface area contributed by atoms with Gasteiger partial charge in [0, 0.05) is 12.1 Å². The van der Waals surface area contributed by atoms with Crippen LogP contribution in [0.3, 0.4) is 0 Å². The normalized spacial score (nSPS) is 25.7. The summed E-state index contributed by atoms with van der Waals surface area (Å²) in [5.74, 6) is 0.825. The monoisotopic (exact) mass is 200 g/mol. The molecule has 2 rings (SSSR count). The predicted octanol–water partition coefficient (Wildman–Crippen LogP) is 2.62. The second-order valence-electron chi connectivity index (χ2n) is 4.44. The molecule has 1 aromatic rings. The Balaban J connectivity index is 1.99. The van der Waals surface area contributed by atoms with Crippen molar-refractivity contribution in [3.8, 4) is 6.07 Å². The van der Waals surface area contributed by atoms with Gasteiger partial charge in [-0.1, -0.05) is 19.1 Å². The molecule has 15 heavy (non-hydrogen) atoms. The topological polar surface area (TPSA) is 35.8 Å². The molecule has 0 bridgehead atoms. The van der Waals surface area contributed by atoms with Crippen molar-refractivity contribution < 1.29 is 0 Å². The van der Waals surface area contributed by atoms with E-state index in [-0.39, 0.29) is 0 Å². The number of hydrogen-bond acceptors (Lipinski definition) is 2. The van der Waals surface area contributed by atoms with Gasteiger partial charge in [-0.25, -0.2) is 0 Å². The Morgan fingerprint density at radius 3 is 2.47 bits per heavy atom. The molecule has 1 aromatic carbocycles. The standard InChI is InChI=1S/C13H16N2/c1-9-7-13(9)15-10(2)12-5-3-11(8-14)4-6-12/h3-6,9-10,13,15H,7H2,1-2H3. The largest absolute Gasteiger partial charge is 0.307 e. The van der Waals surface area contributed by atoms with E-state index in [4.69, 9.17) is 5.26 Å². The van der Waals surface area contributed by atoms with E-state index < -0.39 is 0 Å². The van der Waals surface area contributed by atoms with Crippen molar-refractivity contribution in [1.82, 2.24) is 5.32 Å². The molecule has 3 atom stereocenters. The van der Waals surface area contributed by atoms with E-state index in [1.54, 1.807) is 0 Å². The summed E-state index contributed by atoms with van der Waals surface area (Å²) >= 11 is 0. The Hall–Kier alpha value is -1.33. The van der Waals surface area contributed by atoms with Gasteiger partial charge in [-0.15, -0.1) is 0 Å². The molecule has 3 unspecified atom stereocenters. The molecule has 0 aliphatic heterocycles. The summed E-state index contributed by atoms with van der Waals surface area (Å²) in [5.41, 5.74) is 1.99. The fourth-order valence-corrected chi connectivity index (χ4v) is 1.82. The maximum absolute atomic E-state index is 8.69. The second-order valence-corrected chi connectivity index (χ2v) is 4.44. The smallest absolute Gasteiger partial charge is 0.0991 e. The summed E-state index contributed by atoms with van der Waals surface area (Å²) in [6.45, 7) is 4.44. The zero-order valence-corrected chi connectivity index (χ0v) is 9.20. The first-order valence-electron chi connectivity index (χ1n) is 5.47. The predicted molar refractivity (Wildman–Crippen MR) is 60.3 cm³/mol. The molecule has 1 fully saturated rings. The van der Waals surface area contributed by atoms with Crippen molar-refractivity contribution in [3.63, 3.8) is 0 Å². The van der Waals surface area contributed by atoms with Crippen LogP contribution in [0.1, 0.15) is 37.4 Å². The third-order valence-electron chi connectivity index (χ3n) is 3.11. The van der Waals surface area contributed by atoms with Crippen LogP contribution in [0.25, 0.3) is 0 Å². The Kier molecular flexibility index (Phi) is 2.75. The molecule has 0 radical (unpaired) electrons. The van der Waals surface area contributed by atoms with Gasteiger partial charge in [0.25, 0.3) is 0 Å². The van der Waals surface area contributed by atoms with Gasteiger partial charge in [0.05, 0.1) is 11.6 Å². The lowest BCUT2D eigenvalue weighted by molar-refractivity contribution is 0.552. The number of nitriles is 1. The lowest BCUT2D eigenvalue weighted by Crippen LogP contribution is -2.21. The maximum Gasteiger partial charge on any atom is 0.0991 e. The van der Waals surface area contributed by atoms with Gasteiger partial charge in [0.2, 0.25) is 0 Å². The van der Waals surface area contributed by atoms with Crippen LogP contribution in [-0.4, -0.2) is 6.04 Å². The highest BCUT2D eigenvalue weighted by molar-refractivity contribution is 5.32. The Morgan fingerprint density at radius 1 is 1.40 bits per heavy atom. The van der Waals surface area contributed by atoms with Crippen LogP contribution in [0, 0.1) is 17.2 Å². The van der Waals surface area contributed by atoms with Crippen LogP contribution < -0.4 is 5.32 Å². The van der Waals surface area contributed by atoms with Gasteiger partial charge in [-0.05, 0) is 37.0 Å². The van der Waals surface area contributed by atoms with Gasteiger partial charge < -0.3 is 5.32 Å². The number of hydrogen-bond donors (Lipinski definition) is 1. The van der Waals surface area contributed by atoms with Crippen molar-refractivity contribution >= 4 is 0 Å². The average Bonchev–Trinajstić information content (AvgIpc) is 2.94. The first-order valence-corrected chi connectivity index (χ1v) is 5.47. The van der Waals surface area contributed by atoms with Gasteiger partial charge in [0.15, 0.2) is 0 Å². The SMILES string of the molecule is CC(NC1CC1C)c1ccc(C#N)cc1. The van der Waals surface area contributed by atoms with Gasteiger partial charge >= 0.3 is 0 Å². The fraction of sp³-hybridized carbons (Fsp3) is 0.462. The molecule has 1 aliphatic carbocycles. The van der Waals surface area contributed by atoms with Gasteiger partial charge in [-0.2, -0.15) is 5.26 Å². The fourth-order valence-electron chi connectivity index (χ4n) is 1.82. The van der Waals surface area contributed by atoms with Crippen LogP contribution >= 0.6 is 0 Å². The summed E-state index contributed by atoms with van der Waals surface area (Å²) in [7, 11) is 0.